The van der Waals surface area contributed by atoms with Gasteiger partial charge >= 0.3 is 6.09 Å². The number of nitrogens with one attached hydrogen (secondary N) is 1. The molecule has 0 spiro atoms. The number of benzene rings is 1. The summed E-state index contributed by atoms with van der Waals surface area (Å²) in [6.45, 7) is 6.05. The number of sulfonamides is 1. The van der Waals surface area contributed by atoms with Crippen LogP contribution in [0.5, 0.6) is 0 Å². The van der Waals surface area contributed by atoms with E-state index in [4.69, 9.17) is 4.74 Å². The molecule has 0 aromatic heterocycles. The highest BCUT2D eigenvalue weighted by molar-refractivity contribution is 7.90. The number of hydrogen-bond acceptors (Lipinski definition) is 5. The molecule has 1 aromatic rings. The predicted octanol–water partition coefficient (Wildman–Crippen LogP) is 1.41. The van der Waals surface area contributed by atoms with Gasteiger partial charge in [-0.2, -0.15) is 0 Å². The molecule has 2 atom stereocenters. The molecule has 0 aliphatic carbocycles. The molecule has 1 aromatic carbocycles. The minimum absolute atomic E-state index is 0.0762. The quantitative estimate of drug-likeness (QED) is 0.707. The van der Waals surface area contributed by atoms with Crippen LogP contribution in [0, 0.1) is 5.82 Å². The minimum atomic E-state index is -4.10. The summed E-state index contributed by atoms with van der Waals surface area (Å²) in [5.41, 5.74) is -2.27. The van der Waals surface area contributed by atoms with Gasteiger partial charge in [-0.05, 0) is 26.8 Å². The Morgan fingerprint density at radius 3 is 2.50 bits per heavy atom. The standard InChI is InChI=1S/C19H25FN4O5S/c1-12(25)24-10-15-19(11-24,13-8-6-7-9-14(13)20)22-16(23(5)30(15,27)28)21-17(26)29-18(2,3)4/h6-9,15H,10-11H2,1-5H3,(H,21,22,26). The van der Waals surface area contributed by atoms with Gasteiger partial charge < -0.3 is 15.0 Å². The summed E-state index contributed by atoms with van der Waals surface area (Å²) in [6, 6.07) is 5.75. The molecule has 2 aliphatic heterocycles. The van der Waals surface area contributed by atoms with E-state index in [1.807, 2.05) is 0 Å². The molecule has 2 fully saturated rings. The first-order valence-electron chi connectivity index (χ1n) is 9.36. The Bertz CT molecular complexity index is 1020. The van der Waals surface area contributed by atoms with E-state index in [0.29, 0.717) is 0 Å². The number of halogens is 1. The summed E-state index contributed by atoms with van der Waals surface area (Å²) >= 11 is 0. The number of guanidine groups is 1. The topological polar surface area (TPSA) is 108 Å². The lowest BCUT2D eigenvalue weighted by Crippen LogP contribution is -2.67. The molecule has 2 amide bonds. The van der Waals surface area contributed by atoms with E-state index in [-0.39, 0.29) is 30.5 Å². The number of carbonyl (C=O) groups excluding carboxylic acids is 2. The zero-order valence-corrected chi connectivity index (χ0v) is 18.3. The number of ether oxygens (including phenoxy) is 1. The fourth-order valence-electron chi connectivity index (χ4n) is 3.74. The van der Waals surface area contributed by atoms with Crippen molar-refractivity contribution >= 4 is 28.0 Å². The van der Waals surface area contributed by atoms with Crippen LogP contribution in [0.3, 0.4) is 0 Å². The number of rotatable bonds is 1. The maximum absolute atomic E-state index is 14.8. The second-order valence-electron chi connectivity index (χ2n) is 8.39. The third-order valence-electron chi connectivity index (χ3n) is 5.14. The molecular formula is C19H25FN4O5S. The van der Waals surface area contributed by atoms with E-state index in [0.717, 1.165) is 4.31 Å². The summed E-state index contributed by atoms with van der Waals surface area (Å²) < 4.78 is 47.5. The minimum Gasteiger partial charge on any atom is -0.442 e. The van der Waals surface area contributed by atoms with Crippen molar-refractivity contribution in [1.82, 2.24) is 14.5 Å². The summed E-state index contributed by atoms with van der Waals surface area (Å²) in [4.78, 5) is 29.4. The van der Waals surface area contributed by atoms with E-state index in [1.54, 1.807) is 26.8 Å². The Morgan fingerprint density at radius 2 is 1.93 bits per heavy atom. The van der Waals surface area contributed by atoms with Gasteiger partial charge in [-0.1, -0.05) is 18.2 Å². The molecule has 1 N–H and O–H groups in total. The van der Waals surface area contributed by atoms with Gasteiger partial charge in [0, 0.05) is 32.6 Å². The van der Waals surface area contributed by atoms with Gasteiger partial charge in [0.25, 0.3) is 0 Å². The molecule has 0 bridgehead atoms. The van der Waals surface area contributed by atoms with Crippen LogP contribution >= 0.6 is 0 Å². The molecule has 0 radical (unpaired) electrons. The molecule has 2 heterocycles. The highest BCUT2D eigenvalue weighted by Gasteiger charge is 2.61. The lowest BCUT2D eigenvalue weighted by atomic mass is 9.88. The second-order valence-corrected chi connectivity index (χ2v) is 10.5. The van der Waals surface area contributed by atoms with Crippen LogP contribution in [0.2, 0.25) is 0 Å². The van der Waals surface area contributed by atoms with E-state index in [9.17, 15) is 22.4 Å². The third kappa shape index (κ3) is 3.73. The average molecular weight is 440 g/mol. The van der Waals surface area contributed by atoms with E-state index in [1.165, 1.54) is 37.1 Å². The summed E-state index contributed by atoms with van der Waals surface area (Å²) in [7, 11) is -2.85. The second kappa shape index (κ2) is 7.22. The summed E-state index contributed by atoms with van der Waals surface area (Å²) in [6.07, 6.45) is -0.990. The zero-order chi connectivity index (χ0) is 22.5. The van der Waals surface area contributed by atoms with E-state index < -0.39 is 38.3 Å². The smallest absolute Gasteiger partial charge is 0.437 e. The van der Waals surface area contributed by atoms with Crippen LogP contribution in [0.15, 0.2) is 29.3 Å². The molecule has 0 saturated carbocycles. The maximum atomic E-state index is 14.8. The largest absolute Gasteiger partial charge is 0.442 e. The third-order valence-corrected chi connectivity index (χ3v) is 7.35. The van der Waals surface area contributed by atoms with Crippen LogP contribution in [-0.4, -0.2) is 66.6 Å². The lowest BCUT2D eigenvalue weighted by molar-refractivity contribution is -0.128. The number of carbonyl (C=O) groups is 2. The average Bonchev–Trinajstić information content (AvgIpc) is 3.00. The predicted molar refractivity (Wildman–Crippen MR) is 108 cm³/mol. The highest BCUT2D eigenvalue weighted by Crippen LogP contribution is 2.41. The number of amides is 2. The number of nitrogens with zero attached hydrogens (tertiary/aromatic N) is 3. The molecule has 2 saturated heterocycles. The Morgan fingerprint density at radius 1 is 1.30 bits per heavy atom. The summed E-state index contributed by atoms with van der Waals surface area (Å²) in [5.74, 6) is -1.27. The molecule has 2 aliphatic rings. The number of aliphatic imine (C=N–C) groups is 1. The fourth-order valence-corrected chi connectivity index (χ4v) is 5.59. The van der Waals surface area contributed by atoms with Crippen molar-refractivity contribution in [2.75, 3.05) is 20.1 Å². The fraction of sp³-hybridized carbons (Fsp3) is 0.526. The Labute approximate surface area is 174 Å². The van der Waals surface area contributed by atoms with Crippen LogP contribution in [0.25, 0.3) is 0 Å². The number of likely N-dealkylation sites (tertiary alicyclic amines) is 1. The van der Waals surface area contributed by atoms with Crippen LogP contribution < -0.4 is 5.32 Å². The van der Waals surface area contributed by atoms with Crippen molar-refractivity contribution in [3.05, 3.63) is 35.6 Å². The van der Waals surface area contributed by atoms with Crippen molar-refractivity contribution in [3.63, 3.8) is 0 Å². The zero-order valence-electron chi connectivity index (χ0n) is 17.5. The van der Waals surface area contributed by atoms with Gasteiger partial charge in [0.05, 0.1) is 0 Å². The van der Waals surface area contributed by atoms with Gasteiger partial charge in [-0.15, -0.1) is 4.99 Å². The Kier molecular flexibility index (Phi) is 5.30. The molecule has 9 nitrogen and oxygen atoms in total. The van der Waals surface area contributed by atoms with E-state index in [2.05, 4.69) is 10.3 Å². The monoisotopic (exact) mass is 440 g/mol. The normalized spacial score (nSPS) is 26.9. The SMILES string of the molecule is CC(=O)N1CC2C(c3ccccc3F)(C1)N/C(=N\C(=O)OC(C)(C)C)N(C)S2(=O)=O. The molecule has 30 heavy (non-hydrogen) atoms. The van der Waals surface area contributed by atoms with Crippen molar-refractivity contribution < 1.29 is 27.1 Å². The summed E-state index contributed by atoms with van der Waals surface area (Å²) in [5, 5.41) is 1.78. The molecule has 2 unspecified atom stereocenters. The Balaban J connectivity index is 2.16. The van der Waals surface area contributed by atoms with Crippen LogP contribution in [-0.2, 0) is 25.1 Å². The number of hydrogen-bond donors (Lipinski definition) is 1. The highest BCUT2D eigenvalue weighted by atomic mass is 32.2. The van der Waals surface area contributed by atoms with Crippen molar-refractivity contribution in [1.29, 1.82) is 0 Å². The molecular weight excluding hydrogens is 415 g/mol. The number of fused-ring (bicyclic) bond motifs is 1. The first-order valence-corrected chi connectivity index (χ1v) is 10.9. The van der Waals surface area contributed by atoms with Gasteiger partial charge in [0.2, 0.25) is 21.9 Å². The first-order chi connectivity index (χ1) is 13.8. The van der Waals surface area contributed by atoms with Gasteiger partial charge in [0.1, 0.15) is 22.2 Å². The van der Waals surface area contributed by atoms with Gasteiger partial charge in [-0.25, -0.2) is 21.9 Å². The van der Waals surface area contributed by atoms with Crippen LogP contribution in [0.4, 0.5) is 9.18 Å². The lowest BCUT2D eigenvalue weighted by Gasteiger charge is -2.44. The van der Waals surface area contributed by atoms with Gasteiger partial charge in [-0.3, -0.25) is 4.79 Å². The van der Waals surface area contributed by atoms with E-state index >= 15 is 0 Å². The first kappa shape index (κ1) is 22.0. The molecule has 3 rings (SSSR count). The van der Waals surface area contributed by atoms with Crippen molar-refractivity contribution in [2.24, 2.45) is 4.99 Å². The van der Waals surface area contributed by atoms with Gasteiger partial charge in [0.15, 0.2) is 0 Å². The van der Waals surface area contributed by atoms with Crippen LogP contribution in [0.1, 0.15) is 33.3 Å². The maximum Gasteiger partial charge on any atom is 0.437 e. The van der Waals surface area contributed by atoms with Crippen molar-refractivity contribution in [2.45, 2.75) is 44.1 Å². The Hall–Kier alpha value is -2.69. The molecule has 11 heteroatoms. The van der Waals surface area contributed by atoms with Crippen molar-refractivity contribution in [3.8, 4) is 0 Å². The molecule has 164 valence electrons.